The van der Waals surface area contributed by atoms with Crippen LogP contribution in [-0.2, 0) is 14.4 Å². The van der Waals surface area contributed by atoms with Gasteiger partial charge in [0.1, 0.15) is 24.5 Å². The van der Waals surface area contributed by atoms with Gasteiger partial charge in [-0.3, -0.25) is 19.3 Å². The summed E-state index contributed by atoms with van der Waals surface area (Å²) in [4.78, 5) is 55.8. The van der Waals surface area contributed by atoms with Gasteiger partial charge in [0.05, 0.1) is 33.5 Å². The number of carbonyl (C=O) groups excluding carboxylic acids is 4. The number of benzene rings is 1. The maximum absolute atomic E-state index is 13.2. The number of aliphatic hydroxyl groups is 4. The topological polar surface area (TPSA) is 171 Å². The number of nitrogens with zero attached hydrogens (tertiary/aromatic N) is 4. The van der Waals surface area contributed by atoms with Crippen molar-refractivity contribution in [3.05, 3.63) is 35.5 Å². The summed E-state index contributed by atoms with van der Waals surface area (Å²) in [6, 6.07) is 5.69. The van der Waals surface area contributed by atoms with Crippen LogP contribution in [0.1, 0.15) is 5.56 Å². The molecule has 4 N–H and O–H groups in total. The van der Waals surface area contributed by atoms with Gasteiger partial charge in [-0.05, 0) is 23.8 Å². The Morgan fingerprint density at radius 3 is 1.67 bits per heavy atom. The minimum atomic E-state index is -0.901. The van der Waals surface area contributed by atoms with E-state index in [2.05, 4.69) is 0 Å². The van der Waals surface area contributed by atoms with Crippen LogP contribution < -0.4 is 4.74 Å². The van der Waals surface area contributed by atoms with Crippen LogP contribution in [0.4, 0.5) is 4.79 Å². The number of carbonyl (C=O) groups is 4. The van der Waals surface area contributed by atoms with E-state index in [4.69, 9.17) is 4.74 Å². The second-order valence-corrected chi connectivity index (χ2v) is 7.72. The number of methoxy groups -OCH3 is 1. The molecule has 0 unspecified atom stereocenters. The number of hydrogen-bond donors (Lipinski definition) is 4. The first kappa shape index (κ1) is 28.7. The highest BCUT2D eigenvalue weighted by Gasteiger charge is 2.43. The number of aliphatic hydroxyl groups excluding tert-OH is 4. The predicted octanol–water partition coefficient (Wildman–Crippen LogP) is -2.07. The molecule has 198 valence electrons. The summed E-state index contributed by atoms with van der Waals surface area (Å²) >= 11 is 0. The Bertz CT molecular complexity index is 939. The quantitative estimate of drug-likeness (QED) is 0.163. The zero-order chi connectivity index (χ0) is 26.7. The first-order chi connectivity index (χ1) is 17.3. The van der Waals surface area contributed by atoms with E-state index in [-0.39, 0.29) is 58.3 Å². The predicted molar refractivity (Wildman–Crippen MR) is 126 cm³/mol. The van der Waals surface area contributed by atoms with Crippen molar-refractivity contribution in [2.24, 2.45) is 0 Å². The van der Waals surface area contributed by atoms with Crippen molar-refractivity contribution < 1.29 is 44.3 Å². The molecule has 1 fully saturated rings. The fraction of sp³-hybridized carbons (Fsp3) is 0.478. The molecule has 1 aromatic rings. The lowest BCUT2D eigenvalue weighted by atomic mass is 10.1. The minimum absolute atomic E-state index is 0.0770. The lowest BCUT2D eigenvalue weighted by Gasteiger charge is -2.25. The molecule has 0 aliphatic carbocycles. The highest BCUT2D eigenvalue weighted by Crippen LogP contribution is 2.25. The zero-order valence-electron chi connectivity index (χ0n) is 20.1. The average Bonchev–Trinajstić information content (AvgIpc) is 3.08. The SMILES string of the molecule is COc1ccc(C=C2C(=O)N(CC(=O)N(CCO)CCO)C(=O)N2CC(=O)N(CCO)CCO)cc1. The van der Waals surface area contributed by atoms with Crippen LogP contribution in [0.5, 0.6) is 5.75 Å². The van der Waals surface area contributed by atoms with E-state index in [1.165, 1.54) is 13.2 Å². The summed E-state index contributed by atoms with van der Waals surface area (Å²) in [5, 5.41) is 36.8. The third-order valence-corrected chi connectivity index (χ3v) is 5.41. The lowest BCUT2D eigenvalue weighted by Crippen LogP contribution is -2.46. The molecule has 0 atom stereocenters. The molecule has 13 heteroatoms. The second-order valence-electron chi connectivity index (χ2n) is 7.72. The number of ether oxygens (including phenoxy) is 1. The van der Waals surface area contributed by atoms with Gasteiger partial charge in [0.15, 0.2) is 0 Å². The Balaban J connectivity index is 2.38. The van der Waals surface area contributed by atoms with E-state index in [0.29, 0.717) is 16.2 Å². The molecule has 0 saturated carbocycles. The van der Waals surface area contributed by atoms with E-state index < -0.39 is 36.8 Å². The van der Waals surface area contributed by atoms with Crippen LogP contribution in [0.25, 0.3) is 6.08 Å². The van der Waals surface area contributed by atoms with Gasteiger partial charge in [-0.1, -0.05) is 12.1 Å². The molecule has 1 aliphatic rings. The monoisotopic (exact) mass is 508 g/mol. The van der Waals surface area contributed by atoms with Gasteiger partial charge < -0.3 is 35.0 Å². The summed E-state index contributed by atoms with van der Waals surface area (Å²) in [5.41, 5.74) is 0.387. The van der Waals surface area contributed by atoms with E-state index in [1.54, 1.807) is 24.3 Å². The first-order valence-corrected chi connectivity index (χ1v) is 11.3. The van der Waals surface area contributed by atoms with E-state index in [1.807, 2.05) is 0 Å². The summed E-state index contributed by atoms with van der Waals surface area (Å²) in [6.45, 7) is -3.02. The molecule has 13 nitrogen and oxygen atoms in total. The Morgan fingerprint density at radius 2 is 1.25 bits per heavy atom. The number of imide groups is 1. The van der Waals surface area contributed by atoms with Gasteiger partial charge in [0, 0.05) is 26.2 Å². The van der Waals surface area contributed by atoms with Gasteiger partial charge in [-0.25, -0.2) is 9.69 Å². The molecular weight excluding hydrogens is 476 g/mol. The fourth-order valence-corrected chi connectivity index (χ4v) is 3.56. The van der Waals surface area contributed by atoms with Crippen molar-refractivity contribution >= 4 is 29.8 Å². The molecule has 1 aliphatic heterocycles. The van der Waals surface area contributed by atoms with Crippen molar-refractivity contribution in [3.8, 4) is 5.75 Å². The fourth-order valence-electron chi connectivity index (χ4n) is 3.56. The second kappa shape index (κ2) is 14.1. The standard InChI is InChI=1S/C23H32N4O9/c1-36-18-4-2-17(3-5-18)14-19-22(34)27(16-21(33)25(8-12-30)9-13-31)23(35)26(19)15-20(32)24(6-10-28)7-11-29/h2-5,14,28-31H,6-13,15-16H2,1H3. The molecule has 1 aromatic carbocycles. The van der Waals surface area contributed by atoms with E-state index in [9.17, 15) is 39.6 Å². The van der Waals surface area contributed by atoms with Crippen LogP contribution in [0, 0.1) is 0 Å². The third-order valence-electron chi connectivity index (χ3n) is 5.41. The first-order valence-electron chi connectivity index (χ1n) is 11.3. The van der Waals surface area contributed by atoms with Crippen LogP contribution in [0.2, 0.25) is 0 Å². The molecule has 2 rings (SSSR count). The molecular formula is C23H32N4O9. The number of amides is 5. The molecule has 0 aromatic heterocycles. The minimum Gasteiger partial charge on any atom is -0.497 e. The maximum Gasteiger partial charge on any atom is 0.332 e. The Morgan fingerprint density at radius 1 is 0.806 bits per heavy atom. The van der Waals surface area contributed by atoms with Crippen molar-refractivity contribution in [1.82, 2.24) is 19.6 Å². The molecule has 5 amide bonds. The zero-order valence-corrected chi connectivity index (χ0v) is 20.1. The average molecular weight is 509 g/mol. The number of urea groups is 1. The normalized spacial score (nSPS) is 14.5. The number of hydrogen-bond acceptors (Lipinski definition) is 9. The maximum atomic E-state index is 13.2. The summed E-state index contributed by atoms with van der Waals surface area (Å²) in [6.07, 6.45) is 1.40. The lowest BCUT2D eigenvalue weighted by molar-refractivity contribution is -0.136. The molecule has 36 heavy (non-hydrogen) atoms. The van der Waals surface area contributed by atoms with Gasteiger partial charge >= 0.3 is 6.03 Å². The van der Waals surface area contributed by atoms with Gasteiger partial charge in [0.2, 0.25) is 11.8 Å². The van der Waals surface area contributed by atoms with E-state index in [0.717, 1.165) is 14.7 Å². The molecule has 0 bridgehead atoms. The Labute approximate surface area is 208 Å². The highest BCUT2D eigenvalue weighted by molar-refractivity contribution is 6.16. The number of rotatable bonds is 14. The van der Waals surface area contributed by atoms with Crippen molar-refractivity contribution in [2.45, 2.75) is 0 Å². The summed E-state index contributed by atoms with van der Waals surface area (Å²) in [5.74, 6) is -1.52. The molecule has 1 heterocycles. The van der Waals surface area contributed by atoms with Gasteiger partial charge in [0.25, 0.3) is 5.91 Å². The Hall–Kier alpha value is -3.52. The third kappa shape index (κ3) is 7.24. The summed E-state index contributed by atoms with van der Waals surface area (Å²) < 4.78 is 5.12. The van der Waals surface area contributed by atoms with Crippen molar-refractivity contribution in [2.75, 3.05) is 72.8 Å². The molecule has 0 spiro atoms. The van der Waals surface area contributed by atoms with Gasteiger partial charge in [-0.2, -0.15) is 0 Å². The highest BCUT2D eigenvalue weighted by atomic mass is 16.5. The van der Waals surface area contributed by atoms with Crippen LogP contribution in [0.3, 0.4) is 0 Å². The smallest absolute Gasteiger partial charge is 0.332 e. The van der Waals surface area contributed by atoms with Crippen LogP contribution >= 0.6 is 0 Å². The largest absolute Gasteiger partial charge is 0.497 e. The van der Waals surface area contributed by atoms with E-state index >= 15 is 0 Å². The van der Waals surface area contributed by atoms with Crippen LogP contribution in [-0.4, -0.2) is 137 Å². The van der Waals surface area contributed by atoms with Gasteiger partial charge in [-0.15, -0.1) is 0 Å². The van der Waals surface area contributed by atoms with Crippen LogP contribution in [0.15, 0.2) is 30.0 Å². The van der Waals surface area contributed by atoms with Crippen molar-refractivity contribution in [3.63, 3.8) is 0 Å². The Kier molecular flexibility index (Phi) is 11.3. The molecule has 1 saturated heterocycles. The van der Waals surface area contributed by atoms with Crippen molar-refractivity contribution in [1.29, 1.82) is 0 Å². The molecule has 0 radical (unpaired) electrons. The summed E-state index contributed by atoms with van der Waals surface area (Å²) in [7, 11) is 1.50.